The van der Waals surface area contributed by atoms with Crippen molar-refractivity contribution in [1.82, 2.24) is 5.32 Å². The molecule has 2 aromatic rings. The molecule has 0 bridgehead atoms. The van der Waals surface area contributed by atoms with Crippen molar-refractivity contribution in [2.45, 2.75) is 24.8 Å². The van der Waals surface area contributed by atoms with Crippen molar-refractivity contribution in [3.8, 4) is 5.75 Å². The zero-order valence-electron chi connectivity index (χ0n) is 14.3. The summed E-state index contributed by atoms with van der Waals surface area (Å²) >= 11 is 0. The van der Waals surface area contributed by atoms with E-state index in [1.165, 1.54) is 37.1 Å². The Hall–Kier alpha value is -1.55. The highest BCUT2D eigenvalue weighted by atomic mass is 35.5. The molecule has 4 heteroatoms. The van der Waals surface area contributed by atoms with Gasteiger partial charge in [-0.25, -0.2) is 0 Å². The Morgan fingerprint density at radius 2 is 1.67 bits per heavy atom. The summed E-state index contributed by atoms with van der Waals surface area (Å²) in [6.45, 7) is 4.29. The molecule has 1 aliphatic rings. The van der Waals surface area contributed by atoms with Gasteiger partial charge in [0.1, 0.15) is 5.75 Å². The van der Waals surface area contributed by atoms with Crippen LogP contribution in [0.5, 0.6) is 5.75 Å². The third kappa shape index (κ3) is 4.29. The molecule has 1 fully saturated rings. The maximum atomic E-state index is 5.45. The zero-order valence-corrected chi connectivity index (χ0v) is 15.1. The van der Waals surface area contributed by atoms with E-state index in [1.54, 1.807) is 7.11 Å². The highest BCUT2D eigenvalue weighted by molar-refractivity contribution is 5.33. The van der Waals surface area contributed by atoms with Gasteiger partial charge >= 0.3 is 0 Å². The van der Waals surface area contributed by atoms with Gasteiger partial charge in [-0.15, -0.1) is 0 Å². The normalized spacial score (nSPS) is 16.2. The Kier molecular flexibility index (Phi) is 7.10. The largest absolute Gasteiger partial charge is 1.00 e. The second-order valence-electron chi connectivity index (χ2n) is 6.43. The van der Waals surface area contributed by atoms with E-state index in [-0.39, 0.29) is 17.8 Å². The summed E-state index contributed by atoms with van der Waals surface area (Å²) in [6.07, 6.45) is 2.46. The number of hydrogen-bond acceptors (Lipinski definition) is 2. The molecule has 3 rings (SSSR count). The number of nitrogens with one attached hydrogen (secondary N) is 1. The molecular weight excluding hydrogens is 320 g/mol. The molecule has 0 unspecified atom stereocenters. The van der Waals surface area contributed by atoms with Crippen LogP contribution in [0, 0.1) is 0 Å². The molecule has 3 nitrogen and oxygen atoms in total. The minimum atomic E-state index is 0. The predicted octanol–water partition coefficient (Wildman–Crippen LogP) is -0.916. The van der Waals surface area contributed by atoms with Crippen molar-refractivity contribution in [3.05, 3.63) is 65.7 Å². The number of nitrogens with two attached hydrogens (primary N) is 1. The van der Waals surface area contributed by atoms with Gasteiger partial charge in [0, 0.05) is 36.9 Å². The molecule has 0 spiro atoms. The molecule has 2 aromatic carbocycles. The standard InChI is InChI=1S/C20H26N2O.ClH/c1-23-19-10-6-5-7-17(19)15-22-16-20(11-13-21-14-12-20)18-8-3-2-4-9-18;/h2-10,21-22H,11-16H2,1H3;1H. The van der Waals surface area contributed by atoms with Crippen LogP contribution in [0.15, 0.2) is 54.6 Å². The second-order valence-corrected chi connectivity index (χ2v) is 6.43. The van der Waals surface area contributed by atoms with E-state index in [0.29, 0.717) is 0 Å². The quantitative estimate of drug-likeness (QED) is 0.710. The van der Waals surface area contributed by atoms with E-state index in [2.05, 4.69) is 53.1 Å². The lowest BCUT2D eigenvalue weighted by Gasteiger charge is -2.37. The van der Waals surface area contributed by atoms with Gasteiger partial charge in [0.25, 0.3) is 0 Å². The number of methoxy groups -OCH3 is 1. The number of piperidine rings is 1. The molecule has 3 N–H and O–H groups in total. The zero-order chi connectivity index (χ0) is 16.0. The monoisotopic (exact) mass is 346 g/mol. The molecule has 24 heavy (non-hydrogen) atoms. The van der Waals surface area contributed by atoms with Crippen molar-refractivity contribution < 1.29 is 22.5 Å². The third-order valence-corrected chi connectivity index (χ3v) is 5.01. The van der Waals surface area contributed by atoms with Gasteiger partial charge < -0.3 is 27.8 Å². The maximum Gasteiger partial charge on any atom is 0.123 e. The number of quaternary nitrogens is 1. The first kappa shape index (κ1) is 18.8. The summed E-state index contributed by atoms with van der Waals surface area (Å²) in [5.74, 6) is 0.964. The van der Waals surface area contributed by atoms with Gasteiger partial charge in [-0.1, -0.05) is 48.5 Å². The minimum Gasteiger partial charge on any atom is -1.00 e. The molecule has 130 valence electrons. The number of halogens is 1. The highest BCUT2D eigenvalue weighted by Crippen LogP contribution is 2.31. The van der Waals surface area contributed by atoms with Gasteiger partial charge in [-0.2, -0.15) is 0 Å². The molecule has 0 aliphatic carbocycles. The summed E-state index contributed by atoms with van der Waals surface area (Å²) in [5, 5.41) is 6.12. The SMILES string of the molecule is COc1ccccc1CNCC1(c2ccccc2)CC[NH2+]CC1.[Cl-]. The van der Waals surface area contributed by atoms with Crippen molar-refractivity contribution in [1.29, 1.82) is 0 Å². The molecule has 1 aliphatic heterocycles. The Labute approximate surface area is 151 Å². The summed E-state index contributed by atoms with van der Waals surface area (Å²) in [4.78, 5) is 0. The summed E-state index contributed by atoms with van der Waals surface area (Å²) in [7, 11) is 1.74. The Balaban J connectivity index is 0.00000208. The molecule has 0 atom stereocenters. The van der Waals surface area contributed by atoms with Crippen LogP contribution in [0.25, 0.3) is 0 Å². The summed E-state index contributed by atoms with van der Waals surface area (Å²) in [5.41, 5.74) is 2.96. The van der Waals surface area contributed by atoms with E-state index in [0.717, 1.165) is 18.8 Å². The van der Waals surface area contributed by atoms with E-state index >= 15 is 0 Å². The van der Waals surface area contributed by atoms with Crippen LogP contribution in [0.2, 0.25) is 0 Å². The van der Waals surface area contributed by atoms with Crippen LogP contribution >= 0.6 is 0 Å². The molecule has 0 saturated carbocycles. The molecule has 0 amide bonds. The van der Waals surface area contributed by atoms with E-state index in [1.807, 2.05) is 12.1 Å². The third-order valence-electron chi connectivity index (χ3n) is 5.01. The Morgan fingerprint density at radius 3 is 2.38 bits per heavy atom. The van der Waals surface area contributed by atoms with E-state index < -0.39 is 0 Å². The molecule has 0 aromatic heterocycles. The lowest BCUT2D eigenvalue weighted by Crippen LogP contribution is -3.00. The lowest BCUT2D eigenvalue weighted by atomic mass is 9.73. The first-order valence-corrected chi connectivity index (χ1v) is 8.54. The van der Waals surface area contributed by atoms with E-state index in [4.69, 9.17) is 4.74 Å². The molecule has 1 saturated heterocycles. The minimum absolute atomic E-state index is 0. The maximum absolute atomic E-state index is 5.45. The summed E-state index contributed by atoms with van der Waals surface area (Å²) in [6, 6.07) is 19.3. The molecule has 0 radical (unpaired) electrons. The smallest absolute Gasteiger partial charge is 0.123 e. The number of benzene rings is 2. The van der Waals surface area contributed by atoms with Crippen molar-refractivity contribution in [2.24, 2.45) is 0 Å². The number of rotatable bonds is 6. The average Bonchev–Trinajstić information content (AvgIpc) is 2.64. The Bertz CT molecular complexity index is 612. The fourth-order valence-corrected chi connectivity index (χ4v) is 3.67. The van der Waals surface area contributed by atoms with Gasteiger partial charge in [0.15, 0.2) is 0 Å². The predicted molar refractivity (Wildman–Crippen MR) is 93.7 cm³/mol. The summed E-state index contributed by atoms with van der Waals surface area (Å²) < 4.78 is 5.45. The van der Waals surface area contributed by atoms with Crippen LogP contribution in [-0.2, 0) is 12.0 Å². The van der Waals surface area contributed by atoms with Crippen molar-refractivity contribution in [2.75, 3.05) is 26.7 Å². The number of para-hydroxylation sites is 1. The molecule has 1 heterocycles. The fraction of sp³-hybridized carbons (Fsp3) is 0.400. The van der Waals surface area contributed by atoms with Crippen LogP contribution in [0.3, 0.4) is 0 Å². The number of ether oxygens (including phenoxy) is 1. The van der Waals surface area contributed by atoms with Crippen LogP contribution in [0.1, 0.15) is 24.0 Å². The first-order valence-electron chi connectivity index (χ1n) is 8.54. The van der Waals surface area contributed by atoms with E-state index in [9.17, 15) is 0 Å². The average molecular weight is 347 g/mol. The second kappa shape index (κ2) is 9.07. The highest BCUT2D eigenvalue weighted by Gasteiger charge is 2.35. The van der Waals surface area contributed by atoms with Crippen LogP contribution in [0.4, 0.5) is 0 Å². The first-order chi connectivity index (χ1) is 11.3. The molecular formula is C20H27ClN2O. The number of hydrogen-bond donors (Lipinski definition) is 2. The van der Waals surface area contributed by atoms with Crippen molar-refractivity contribution in [3.63, 3.8) is 0 Å². The lowest BCUT2D eigenvalue weighted by molar-refractivity contribution is -0.665. The van der Waals surface area contributed by atoms with Gasteiger partial charge in [-0.05, 0) is 11.6 Å². The van der Waals surface area contributed by atoms with Crippen molar-refractivity contribution >= 4 is 0 Å². The van der Waals surface area contributed by atoms with Gasteiger partial charge in [0.05, 0.1) is 20.2 Å². The fourth-order valence-electron chi connectivity index (χ4n) is 3.67. The van der Waals surface area contributed by atoms with Crippen LogP contribution in [-0.4, -0.2) is 26.7 Å². The topological polar surface area (TPSA) is 37.9 Å². The van der Waals surface area contributed by atoms with Gasteiger partial charge in [0.2, 0.25) is 0 Å². The van der Waals surface area contributed by atoms with Gasteiger partial charge in [-0.3, -0.25) is 0 Å². The Morgan fingerprint density at radius 1 is 1.00 bits per heavy atom. The van der Waals surface area contributed by atoms with Crippen LogP contribution < -0.4 is 27.8 Å².